The number of amides is 3. The molecule has 180 valence electrons. The van der Waals surface area contributed by atoms with E-state index in [4.69, 9.17) is 21.1 Å². The number of carbonyl (C=O) groups excluding carboxylic acids is 3. The molecule has 0 bridgehead atoms. The molecule has 2 aliphatic rings. The summed E-state index contributed by atoms with van der Waals surface area (Å²) in [7, 11) is 0. The van der Waals surface area contributed by atoms with Crippen LogP contribution in [0.1, 0.15) is 22.9 Å². The molecule has 0 aromatic carbocycles. The summed E-state index contributed by atoms with van der Waals surface area (Å²) in [5, 5.41) is 4.37. The first-order valence-corrected chi connectivity index (χ1v) is 12.1. The molecule has 2 aliphatic heterocycles. The molecule has 1 unspecified atom stereocenters. The van der Waals surface area contributed by atoms with E-state index in [2.05, 4.69) is 10.3 Å². The van der Waals surface area contributed by atoms with Crippen LogP contribution in [0.15, 0.2) is 35.9 Å². The molecule has 1 fully saturated rings. The van der Waals surface area contributed by atoms with Gasteiger partial charge in [0.15, 0.2) is 0 Å². The van der Waals surface area contributed by atoms with Gasteiger partial charge in [0.25, 0.3) is 0 Å². The van der Waals surface area contributed by atoms with Crippen LogP contribution in [-0.4, -0.2) is 70.4 Å². The topological polar surface area (TPSA) is 101 Å². The van der Waals surface area contributed by atoms with Crippen molar-refractivity contribution in [3.05, 3.63) is 51.9 Å². The Morgan fingerprint density at radius 1 is 1.35 bits per heavy atom. The molecular formula is C23H25ClN4O5S. The maximum atomic E-state index is 12.5. The smallest absolute Gasteiger partial charge is 0.410 e. The van der Waals surface area contributed by atoms with Gasteiger partial charge in [0.05, 0.1) is 24.6 Å². The zero-order chi connectivity index (χ0) is 24.1. The van der Waals surface area contributed by atoms with Gasteiger partial charge in [-0.05, 0) is 36.1 Å². The zero-order valence-corrected chi connectivity index (χ0v) is 20.2. The van der Waals surface area contributed by atoms with Crippen molar-refractivity contribution in [1.82, 2.24) is 14.8 Å². The van der Waals surface area contributed by atoms with Crippen molar-refractivity contribution >= 4 is 52.7 Å². The van der Waals surface area contributed by atoms with Crippen LogP contribution >= 0.6 is 22.9 Å². The third kappa shape index (κ3) is 6.34. The Labute approximate surface area is 206 Å². The second-order valence-electron chi connectivity index (χ2n) is 8.13. The Morgan fingerprint density at radius 2 is 2.18 bits per heavy atom. The summed E-state index contributed by atoms with van der Waals surface area (Å²) in [6.45, 7) is 3.42. The van der Waals surface area contributed by atoms with Crippen molar-refractivity contribution in [2.45, 2.75) is 31.6 Å². The summed E-state index contributed by atoms with van der Waals surface area (Å²) in [6.07, 6.45) is 4.14. The number of aromatic nitrogens is 1. The van der Waals surface area contributed by atoms with E-state index in [1.165, 1.54) is 11.0 Å². The molecule has 0 radical (unpaired) electrons. The number of fused-ring (bicyclic) bond motifs is 1. The van der Waals surface area contributed by atoms with Crippen LogP contribution in [0.25, 0.3) is 6.08 Å². The Bertz CT molecular complexity index is 1070. The van der Waals surface area contributed by atoms with Gasteiger partial charge >= 0.3 is 6.09 Å². The normalized spacial score (nSPS) is 17.1. The number of thiophene rings is 1. The summed E-state index contributed by atoms with van der Waals surface area (Å²) in [6, 6.07) is 5.80. The largest absolute Gasteiger partial charge is 0.448 e. The van der Waals surface area contributed by atoms with E-state index in [9.17, 15) is 14.4 Å². The monoisotopic (exact) mass is 504 g/mol. The number of nitrogens with one attached hydrogen (secondary N) is 1. The molecule has 0 aliphatic carbocycles. The zero-order valence-electron chi connectivity index (χ0n) is 18.6. The Kier molecular flexibility index (Phi) is 7.81. The molecular weight excluding hydrogens is 480 g/mol. The van der Waals surface area contributed by atoms with Crippen molar-refractivity contribution in [1.29, 1.82) is 0 Å². The molecule has 4 rings (SSSR count). The highest BCUT2D eigenvalue weighted by atomic mass is 35.5. The lowest BCUT2D eigenvalue weighted by molar-refractivity contribution is -0.140. The molecule has 1 N–H and O–H groups in total. The fraction of sp³-hybridized carbons (Fsp3) is 0.391. The molecule has 0 spiro atoms. The summed E-state index contributed by atoms with van der Waals surface area (Å²) in [5.74, 6) is -0.100. The number of ether oxygens (including phenoxy) is 2. The van der Waals surface area contributed by atoms with Gasteiger partial charge in [0.2, 0.25) is 11.8 Å². The number of rotatable bonds is 7. The van der Waals surface area contributed by atoms with E-state index >= 15 is 0 Å². The standard InChI is InChI=1S/C23H25ClN4O5S/c1-15(24)13-33-23(31)28-9-17-7-16(8-25-22(17)26-20(29)12-28)4-5-21(30)27-10-18(11-27)32-14-19-3-2-6-34-19/h2-8,15,18H,9-14H2,1H3,(H,25,26,29)/b5-4+. The summed E-state index contributed by atoms with van der Waals surface area (Å²) < 4.78 is 11.0. The quantitative estimate of drug-likeness (QED) is 0.459. The van der Waals surface area contributed by atoms with E-state index < -0.39 is 6.09 Å². The minimum atomic E-state index is -0.625. The highest BCUT2D eigenvalue weighted by Crippen LogP contribution is 2.22. The number of anilines is 1. The van der Waals surface area contributed by atoms with E-state index in [1.54, 1.807) is 41.5 Å². The lowest BCUT2D eigenvalue weighted by Crippen LogP contribution is -2.54. The lowest BCUT2D eigenvalue weighted by Gasteiger charge is -2.38. The number of likely N-dealkylation sites (tertiary alicyclic amines) is 1. The molecule has 3 amide bonds. The van der Waals surface area contributed by atoms with Crippen LogP contribution in [-0.2, 0) is 32.2 Å². The van der Waals surface area contributed by atoms with Crippen LogP contribution in [0.3, 0.4) is 0 Å². The van der Waals surface area contributed by atoms with E-state index in [0.29, 0.717) is 36.6 Å². The molecule has 2 aromatic rings. The third-order valence-corrected chi connectivity index (χ3v) is 6.23. The highest BCUT2D eigenvalue weighted by Gasteiger charge is 2.30. The van der Waals surface area contributed by atoms with Gasteiger partial charge in [-0.2, -0.15) is 0 Å². The third-order valence-electron chi connectivity index (χ3n) is 5.26. The second kappa shape index (κ2) is 11.0. The van der Waals surface area contributed by atoms with E-state index in [0.717, 1.165) is 4.88 Å². The van der Waals surface area contributed by atoms with Gasteiger partial charge < -0.3 is 19.7 Å². The number of nitrogens with zero attached hydrogens (tertiary/aromatic N) is 3. The number of halogens is 1. The molecule has 34 heavy (non-hydrogen) atoms. The Morgan fingerprint density at radius 3 is 2.91 bits per heavy atom. The predicted octanol–water partition coefficient (Wildman–Crippen LogP) is 3.10. The van der Waals surface area contributed by atoms with Gasteiger partial charge in [-0.15, -0.1) is 22.9 Å². The number of hydrogen-bond acceptors (Lipinski definition) is 7. The van der Waals surface area contributed by atoms with Crippen LogP contribution in [0.4, 0.5) is 10.6 Å². The second-order valence-corrected chi connectivity index (χ2v) is 9.90. The lowest BCUT2D eigenvalue weighted by atomic mass is 10.1. The summed E-state index contributed by atoms with van der Waals surface area (Å²) >= 11 is 7.48. The number of carbonyl (C=O) groups is 3. The van der Waals surface area contributed by atoms with Crippen molar-refractivity contribution in [3.8, 4) is 0 Å². The fourth-order valence-electron chi connectivity index (χ4n) is 3.46. The average molecular weight is 505 g/mol. The summed E-state index contributed by atoms with van der Waals surface area (Å²) in [4.78, 5) is 45.4. The average Bonchev–Trinajstić information content (AvgIpc) is 3.23. The number of pyridine rings is 1. The van der Waals surface area contributed by atoms with Crippen molar-refractivity contribution in [2.75, 3.05) is 31.6 Å². The Hall–Kier alpha value is -2.95. The molecule has 11 heteroatoms. The maximum Gasteiger partial charge on any atom is 0.410 e. The van der Waals surface area contributed by atoms with Crippen LogP contribution in [0.5, 0.6) is 0 Å². The molecule has 4 heterocycles. The maximum absolute atomic E-state index is 12.5. The van der Waals surface area contributed by atoms with Crippen LogP contribution in [0.2, 0.25) is 0 Å². The van der Waals surface area contributed by atoms with E-state index in [-0.39, 0.29) is 43.0 Å². The highest BCUT2D eigenvalue weighted by molar-refractivity contribution is 7.09. The summed E-state index contributed by atoms with van der Waals surface area (Å²) in [5.41, 5.74) is 1.32. The number of hydrogen-bond donors (Lipinski definition) is 1. The molecule has 1 saturated heterocycles. The fourth-order valence-corrected chi connectivity index (χ4v) is 4.15. The van der Waals surface area contributed by atoms with Gasteiger partial charge in [-0.25, -0.2) is 9.78 Å². The van der Waals surface area contributed by atoms with Gasteiger partial charge in [-0.3, -0.25) is 14.5 Å². The first-order valence-electron chi connectivity index (χ1n) is 10.8. The SMILES string of the molecule is CC(Cl)COC(=O)N1CC(=O)Nc2ncc(/C=C/C(=O)N3CC(OCc4cccs4)C3)cc2C1. The molecule has 9 nitrogen and oxygen atoms in total. The minimum Gasteiger partial charge on any atom is -0.448 e. The Balaban J connectivity index is 1.32. The number of alkyl halides is 1. The first kappa shape index (κ1) is 24.2. The van der Waals surface area contributed by atoms with Gasteiger partial charge in [-0.1, -0.05) is 6.07 Å². The first-order chi connectivity index (χ1) is 16.4. The van der Waals surface area contributed by atoms with Crippen LogP contribution < -0.4 is 5.32 Å². The minimum absolute atomic E-state index is 0.0461. The van der Waals surface area contributed by atoms with Crippen molar-refractivity contribution in [3.63, 3.8) is 0 Å². The van der Waals surface area contributed by atoms with Crippen molar-refractivity contribution < 1.29 is 23.9 Å². The molecule has 0 saturated carbocycles. The molecule has 2 aromatic heterocycles. The van der Waals surface area contributed by atoms with E-state index in [1.807, 2.05) is 17.5 Å². The van der Waals surface area contributed by atoms with Crippen LogP contribution in [0, 0.1) is 0 Å². The van der Waals surface area contributed by atoms with Gasteiger partial charge in [0.1, 0.15) is 19.0 Å². The van der Waals surface area contributed by atoms with Crippen molar-refractivity contribution in [2.24, 2.45) is 0 Å². The van der Waals surface area contributed by atoms with Gasteiger partial charge in [0, 0.05) is 35.8 Å². The molecule has 1 atom stereocenters. The predicted molar refractivity (Wildman–Crippen MR) is 128 cm³/mol.